The number of ether oxygens (including phenoxy) is 1. The molecule has 0 unspecified atom stereocenters. The fraction of sp³-hybridized carbons (Fsp3) is 0.250. The molecular weight excluding hydrogens is 308 g/mol. The molecule has 8 heteroatoms. The summed E-state index contributed by atoms with van der Waals surface area (Å²) in [7, 11) is 1.88. The Morgan fingerprint density at radius 2 is 2.21 bits per heavy atom. The van der Waals surface area contributed by atoms with Crippen LogP contribution in [0.25, 0.3) is 11.3 Å². The van der Waals surface area contributed by atoms with Crippen LogP contribution in [0.5, 0.6) is 5.75 Å². The lowest BCUT2D eigenvalue weighted by Gasteiger charge is -2.08. The zero-order valence-corrected chi connectivity index (χ0v) is 13.5. The van der Waals surface area contributed by atoms with E-state index in [9.17, 15) is 4.79 Å². The molecule has 124 valence electrons. The molecule has 2 N–H and O–H groups in total. The molecule has 0 aliphatic carbocycles. The average Bonchev–Trinajstić information content (AvgIpc) is 3.22. The normalized spacial score (nSPS) is 12.1. The molecule has 3 rings (SSSR count). The van der Waals surface area contributed by atoms with Gasteiger partial charge < -0.3 is 10.5 Å². The van der Waals surface area contributed by atoms with E-state index >= 15 is 0 Å². The fourth-order valence-electron chi connectivity index (χ4n) is 2.31. The lowest BCUT2D eigenvalue weighted by molar-refractivity contribution is -0.119. The van der Waals surface area contributed by atoms with Crippen molar-refractivity contribution in [3.63, 3.8) is 0 Å². The molecule has 24 heavy (non-hydrogen) atoms. The van der Waals surface area contributed by atoms with Crippen molar-refractivity contribution in [2.24, 2.45) is 12.8 Å². The monoisotopic (exact) mass is 326 g/mol. The van der Waals surface area contributed by atoms with Gasteiger partial charge in [-0.15, -0.1) is 5.10 Å². The van der Waals surface area contributed by atoms with E-state index in [-0.39, 0.29) is 12.6 Å². The summed E-state index contributed by atoms with van der Waals surface area (Å²) in [6.45, 7) is 1.87. The number of nitrogens with two attached hydrogens (primary N) is 1. The highest BCUT2D eigenvalue weighted by Crippen LogP contribution is 2.24. The third-order valence-electron chi connectivity index (χ3n) is 3.63. The second kappa shape index (κ2) is 6.53. The van der Waals surface area contributed by atoms with Crippen LogP contribution >= 0.6 is 0 Å². The fourth-order valence-corrected chi connectivity index (χ4v) is 2.31. The Morgan fingerprint density at radius 3 is 2.92 bits per heavy atom. The number of carbonyl (C=O) groups excluding carboxylic acids is 1. The Kier molecular flexibility index (Phi) is 4.28. The molecule has 0 aliphatic heterocycles. The quantitative estimate of drug-likeness (QED) is 0.732. The second-order valence-corrected chi connectivity index (χ2v) is 5.49. The molecule has 2 heterocycles. The Labute approximate surface area is 138 Å². The van der Waals surface area contributed by atoms with Crippen LogP contribution in [0, 0.1) is 0 Å². The molecule has 1 amide bonds. The molecule has 1 aromatic carbocycles. The second-order valence-electron chi connectivity index (χ2n) is 5.49. The van der Waals surface area contributed by atoms with Gasteiger partial charge in [0, 0.05) is 24.4 Å². The molecule has 0 fully saturated rings. The van der Waals surface area contributed by atoms with Gasteiger partial charge in [-0.3, -0.25) is 9.48 Å². The van der Waals surface area contributed by atoms with Crippen molar-refractivity contribution in [2.45, 2.75) is 13.0 Å². The summed E-state index contributed by atoms with van der Waals surface area (Å²) in [5, 5.41) is 12.6. The van der Waals surface area contributed by atoms with Crippen molar-refractivity contribution in [1.82, 2.24) is 24.8 Å². The van der Waals surface area contributed by atoms with Gasteiger partial charge >= 0.3 is 0 Å². The van der Waals surface area contributed by atoms with E-state index in [0.717, 1.165) is 16.8 Å². The highest BCUT2D eigenvalue weighted by Gasteiger charge is 2.13. The number of carbonyl (C=O) groups is 1. The molecule has 0 bridgehead atoms. The van der Waals surface area contributed by atoms with Crippen LogP contribution in [0.2, 0.25) is 0 Å². The van der Waals surface area contributed by atoms with Crippen molar-refractivity contribution >= 4 is 5.91 Å². The largest absolute Gasteiger partial charge is 0.484 e. The van der Waals surface area contributed by atoms with Crippen molar-refractivity contribution in [3.05, 3.63) is 48.4 Å². The van der Waals surface area contributed by atoms with E-state index in [1.165, 1.54) is 0 Å². The summed E-state index contributed by atoms with van der Waals surface area (Å²) < 4.78 is 8.85. The van der Waals surface area contributed by atoms with Crippen LogP contribution in [0.4, 0.5) is 0 Å². The van der Waals surface area contributed by atoms with Gasteiger partial charge in [0.2, 0.25) is 0 Å². The van der Waals surface area contributed by atoms with Crippen molar-refractivity contribution in [3.8, 4) is 17.0 Å². The van der Waals surface area contributed by atoms with Crippen LogP contribution in [0.1, 0.15) is 18.5 Å². The smallest absolute Gasteiger partial charge is 0.255 e. The molecule has 3 aromatic rings. The summed E-state index contributed by atoms with van der Waals surface area (Å²) >= 11 is 0. The van der Waals surface area contributed by atoms with Crippen molar-refractivity contribution in [2.75, 3.05) is 6.61 Å². The first kappa shape index (κ1) is 15.7. The van der Waals surface area contributed by atoms with Crippen molar-refractivity contribution < 1.29 is 9.53 Å². The number of aromatic nitrogens is 5. The summed E-state index contributed by atoms with van der Waals surface area (Å²) in [6, 6.07) is 7.31. The van der Waals surface area contributed by atoms with Gasteiger partial charge in [-0.1, -0.05) is 17.3 Å². The van der Waals surface area contributed by atoms with Crippen LogP contribution < -0.4 is 10.5 Å². The summed E-state index contributed by atoms with van der Waals surface area (Å²) in [4.78, 5) is 10.8. The van der Waals surface area contributed by atoms with Crippen molar-refractivity contribution in [1.29, 1.82) is 0 Å². The number of hydrogen-bond acceptors (Lipinski definition) is 5. The molecule has 0 spiro atoms. The number of hydrogen-bond donors (Lipinski definition) is 1. The summed E-state index contributed by atoms with van der Waals surface area (Å²) in [5.41, 5.74) is 7.70. The highest BCUT2D eigenvalue weighted by atomic mass is 16.5. The Morgan fingerprint density at radius 1 is 1.38 bits per heavy atom. The molecule has 1 atom stereocenters. The topological polar surface area (TPSA) is 101 Å². The van der Waals surface area contributed by atoms with Gasteiger partial charge in [-0.05, 0) is 19.1 Å². The minimum atomic E-state index is -0.517. The van der Waals surface area contributed by atoms with Crippen LogP contribution in [0.3, 0.4) is 0 Å². The summed E-state index contributed by atoms with van der Waals surface area (Å²) in [5.74, 6) is 0.0396. The van der Waals surface area contributed by atoms with E-state index in [2.05, 4.69) is 15.4 Å². The third kappa shape index (κ3) is 3.43. The number of rotatable bonds is 6. The predicted octanol–water partition coefficient (Wildman–Crippen LogP) is 1.15. The van der Waals surface area contributed by atoms with Gasteiger partial charge in [0.05, 0.1) is 18.4 Å². The third-order valence-corrected chi connectivity index (χ3v) is 3.63. The van der Waals surface area contributed by atoms with E-state index in [4.69, 9.17) is 10.5 Å². The maximum Gasteiger partial charge on any atom is 0.255 e. The van der Waals surface area contributed by atoms with Crippen LogP contribution in [0.15, 0.2) is 42.9 Å². The standard InChI is InChI=1S/C16H18N6O2/c1-11(13-7-18-21(2)8-13)22-9-15(19-20-22)12-4-3-5-14(6-12)24-10-16(17)23/h3-9,11H,10H2,1-2H3,(H2,17,23)/t11-/m0/s1. The lowest BCUT2D eigenvalue weighted by Crippen LogP contribution is -2.19. The van der Waals surface area contributed by atoms with Gasteiger partial charge in [0.1, 0.15) is 11.4 Å². The van der Waals surface area contributed by atoms with Gasteiger partial charge in [-0.25, -0.2) is 4.68 Å². The number of aryl methyl sites for hydroxylation is 1. The van der Waals surface area contributed by atoms with E-state index in [1.54, 1.807) is 21.5 Å². The minimum absolute atomic E-state index is 0.0224. The lowest BCUT2D eigenvalue weighted by atomic mass is 10.1. The summed E-state index contributed by atoms with van der Waals surface area (Å²) in [6.07, 6.45) is 5.62. The van der Waals surface area contributed by atoms with Gasteiger partial charge in [-0.2, -0.15) is 5.10 Å². The van der Waals surface area contributed by atoms with Gasteiger partial charge in [0.25, 0.3) is 5.91 Å². The highest BCUT2D eigenvalue weighted by molar-refractivity contribution is 5.75. The first-order chi connectivity index (χ1) is 11.5. The van der Waals surface area contributed by atoms with E-state index in [0.29, 0.717) is 5.75 Å². The molecule has 0 saturated carbocycles. The number of amides is 1. The molecule has 0 saturated heterocycles. The first-order valence-electron chi connectivity index (χ1n) is 7.45. The predicted molar refractivity (Wildman–Crippen MR) is 87.2 cm³/mol. The minimum Gasteiger partial charge on any atom is -0.484 e. The van der Waals surface area contributed by atoms with E-state index in [1.807, 2.05) is 44.7 Å². The maximum absolute atomic E-state index is 10.8. The zero-order chi connectivity index (χ0) is 17.1. The molecular formula is C16H18N6O2. The maximum atomic E-state index is 10.8. The molecule has 0 radical (unpaired) electrons. The Hall–Kier alpha value is -3.16. The van der Waals surface area contributed by atoms with E-state index < -0.39 is 5.91 Å². The Balaban J connectivity index is 1.80. The molecule has 8 nitrogen and oxygen atoms in total. The number of nitrogens with zero attached hydrogens (tertiary/aromatic N) is 5. The molecule has 0 aliphatic rings. The first-order valence-corrected chi connectivity index (χ1v) is 7.45. The SMILES string of the molecule is C[C@@H](c1cnn(C)c1)n1cc(-c2cccc(OCC(N)=O)c2)nn1. The average molecular weight is 326 g/mol. The Bertz CT molecular complexity index is 854. The van der Waals surface area contributed by atoms with Gasteiger partial charge in [0.15, 0.2) is 6.61 Å². The number of primary amides is 1. The van der Waals surface area contributed by atoms with Crippen LogP contribution in [-0.4, -0.2) is 37.3 Å². The van der Waals surface area contributed by atoms with Crippen LogP contribution in [-0.2, 0) is 11.8 Å². The zero-order valence-electron chi connectivity index (χ0n) is 13.5. The number of benzene rings is 1. The molecule has 2 aromatic heterocycles.